The Bertz CT molecular complexity index is 810. The van der Waals surface area contributed by atoms with Crippen LogP contribution in [0.2, 0.25) is 0 Å². The van der Waals surface area contributed by atoms with Gasteiger partial charge in [-0.2, -0.15) is 10.1 Å². The summed E-state index contributed by atoms with van der Waals surface area (Å²) in [5.41, 5.74) is 0.647. The van der Waals surface area contributed by atoms with Gasteiger partial charge >= 0.3 is 0 Å². The highest BCUT2D eigenvalue weighted by molar-refractivity contribution is 6.06. The number of aromatic hydroxyl groups is 1. The zero-order valence-electron chi connectivity index (χ0n) is 13.7. The van der Waals surface area contributed by atoms with Crippen molar-refractivity contribution in [2.75, 3.05) is 7.11 Å². The normalized spacial score (nSPS) is 37.6. The van der Waals surface area contributed by atoms with Crippen LogP contribution in [0.25, 0.3) is 0 Å². The standard InChI is InChI=1S/C19H18N2O4/c1-25-15-6-9(2-5-14(15)22)8-20-21-18(23)16-10-3-4-11(13-7-12(10)13)17(16)19(21)24/h2-6,8,10-13,16-17,22H,7H2,1H3/b20-8-/t10-,11-,12-,13+,16+,17-/m1/s1. The lowest BCUT2D eigenvalue weighted by molar-refractivity contribution is -0.140. The highest BCUT2D eigenvalue weighted by Gasteiger charge is 2.67. The minimum absolute atomic E-state index is 0.0286. The summed E-state index contributed by atoms with van der Waals surface area (Å²) in [4.78, 5) is 25.6. The second kappa shape index (κ2) is 4.94. The van der Waals surface area contributed by atoms with E-state index in [2.05, 4.69) is 17.3 Å². The van der Waals surface area contributed by atoms with Crippen molar-refractivity contribution in [1.82, 2.24) is 5.01 Å². The summed E-state index contributed by atoms with van der Waals surface area (Å²) < 4.78 is 5.06. The first-order valence-electron chi connectivity index (χ1n) is 8.57. The molecule has 25 heavy (non-hydrogen) atoms. The first-order valence-corrected chi connectivity index (χ1v) is 8.57. The molecule has 3 fully saturated rings. The minimum Gasteiger partial charge on any atom is -0.504 e. The van der Waals surface area contributed by atoms with Gasteiger partial charge in [0.2, 0.25) is 0 Å². The number of ether oxygens (including phenoxy) is 1. The van der Waals surface area contributed by atoms with Crippen LogP contribution in [-0.2, 0) is 9.59 Å². The van der Waals surface area contributed by atoms with Crippen molar-refractivity contribution in [1.29, 1.82) is 0 Å². The molecule has 1 N–H and O–H groups in total. The number of hydrogen-bond donors (Lipinski definition) is 1. The Morgan fingerprint density at radius 2 is 1.80 bits per heavy atom. The van der Waals surface area contributed by atoms with Gasteiger partial charge in [0.05, 0.1) is 25.2 Å². The molecule has 1 saturated heterocycles. The number of nitrogens with zero attached hydrogens (tertiary/aromatic N) is 2. The molecule has 1 heterocycles. The average Bonchev–Trinajstić information content (AvgIpc) is 3.40. The highest BCUT2D eigenvalue weighted by atomic mass is 16.5. The highest BCUT2D eigenvalue weighted by Crippen LogP contribution is 2.65. The van der Waals surface area contributed by atoms with Gasteiger partial charge in [-0.3, -0.25) is 9.59 Å². The van der Waals surface area contributed by atoms with Crippen LogP contribution in [0, 0.1) is 35.5 Å². The van der Waals surface area contributed by atoms with Gasteiger partial charge in [-0.1, -0.05) is 12.2 Å². The number of carbonyl (C=O) groups excluding carboxylic acids is 2. The van der Waals surface area contributed by atoms with Gasteiger partial charge in [0.15, 0.2) is 11.5 Å². The van der Waals surface area contributed by atoms with E-state index in [0.29, 0.717) is 23.1 Å². The molecule has 5 aliphatic rings. The Morgan fingerprint density at radius 1 is 1.16 bits per heavy atom. The molecule has 6 atom stereocenters. The van der Waals surface area contributed by atoms with Crippen LogP contribution in [0.4, 0.5) is 0 Å². The van der Waals surface area contributed by atoms with Crippen molar-refractivity contribution in [3.05, 3.63) is 35.9 Å². The molecule has 128 valence electrons. The van der Waals surface area contributed by atoms with Gasteiger partial charge in [0, 0.05) is 0 Å². The van der Waals surface area contributed by atoms with E-state index < -0.39 is 0 Å². The average molecular weight is 338 g/mol. The zero-order valence-corrected chi connectivity index (χ0v) is 13.7. The lowest BCUT2D eigenvalue weighted by Crippen LogP contribution is -2.40. The minimum atomic E-state index is -0.238. The van der Waals surface area contributed by atoms with E-state index in [1.807, 2.05) is 0 Å². The van der Waals surface area contributed by atoms with Crippen molar-refractivity contribution in [2.45, 2.75) is 6.42 Å². The maximum Gasteiger partial charge on any atom is 0.254 e. The number of benzene rings is 1. The molecular formula is C19H18N2O4. The van der Waals surface area contributed by atoms with E-state index >= 15 is 0 Å². The smallest absolute Gasteiger partial charge is 0.254 e. The molecule has 1 aromatic rings. The predicted molar refractivity (Wildman–Crippen MR) is 88.8 cm³/mol. The van der Waals surface area contributed by atoms with Crippen molar-refractivity contribution in [3.63, 3.8) is 0 Å². The molecule has 0 unspecified atom stereocenters. The second-order valence-electron chi connectivity index (χ2n) is 7.32. The SMILES string of the molecule is COc1cc(/C=N\N2C(=O)[C@@H]3[C@@H]4C=C[C@H]([C@H]5C[C@@H]45)[C@@H]3C2=O)ccc1O. The van der Waals surface area contributed by atoms with Gasteiger partial charge < -0.3 is 9.84 Å². The molecule has 0 aromatic heterocycles. The van der Waals surface area contributed by atoms with Gasteiger partial charge in [-0.15, -0.1) is 0 Å². The quantitative estimate of drug-likeness (QED) is 0.518. The molecule has 2 saturated carbocycles. The monoisotopic (exact) mass is 338 g/mol. The number of imide groups is 1. The lowest BCUT2D eigenvalue weighted by Gasteiger charge is -2.37. The molecule has 0 radical (unpaired) electrons. The molecule has 1 aromatic carbocycles. The molecule has 2 bridgehead atoms. The van der Waals surface area contributed by atoms with Gasteiger partial charge in [-0.25, -0.2) is 0 Å². The Morgan fingerprint density at radius 3 is 2.40 bits per heavy atom. The van der Waals surface area contributed by atoms with Crippen LogP contribution >= 0.6 is 0 Å². The summed E-state index contributed by atoms with van der Waals surface area (Å²) in [6.07, 6.45) is 6.89. The van der Waals surface area contributed by atoms with Crippen LogP contribution in [0.15, 0.2) is 35.5 Å². The van der Waals surface area contributed by atoms with Crippen molar-refractivity contribution in [2.24, 2.45) is 40.6 Å². The van der Waals surface area contributed by atoms with Gasteiger partial charge in [0.25, 0.3) is 11.8 Å². The van der Waals surface area contributed by atoms with E-state index in [0.717, 1.165) is 11.4 Å². The number of rotatable bonds is 3. The van der Waals surface area contributed by atoms with Crippen molar-refractivity contribution in [3.8, 4) is 11.5 Å². The van der Waals surface area contributed by atoms with Crippen molar-refractivity contribution >= 4 is 18.0 Å². The largest absolute Gasteiger partial charge is 0.504 e. The first-order chi connectivity index (χ1) is 12.1. The summed E-state index contributed by atoms with van der Waals surface area (Å²) in [5, 5.41) is 14.9. The Hall–Kier alpha value is -2.63. The molecule has 6 rings (SSSR count). The van der Waals surface area contributed by atoms with E-state index in [9.17, 15) is 14.7 Å². The third kappa shape index (κ3) is 1.94. The number of amides is 2. The lowest BCUT2D eigenvalue weighted by atomic mass is 9.63. The third-order valence-corrected chi connectivity index (χ3v) is 6.17. The van der Waals surface area contributed by atoms with Crippen LogP contribution in [-0.4, -0.2) is 35.3 Å². The fourth-order valence-electron chi connectivity index (χ4n) is 4.95. The number of hydrazone groups is 1. The van der Waals surface area contributed by atoms with E-state index in [1.165, 1.54) is 19.4 Å². The molecule has 1 aliphatic heterocycles. The molecule has 2 amide bonds. The Labute approximate surface area is 144 Å². The number of phenolic OH excluding ortho intramolecular Hbond substituents is 1. The van der Waals surface area contributed by atoms with Crippen molar-refractivity contribution < 1.29 is 19.4 Å². The third-order valence-electron chi connectivity index (χ3n) is 6.17. The van der Waals surface area contributed by atoms with E-state index in [1.54, 1.807) is 12.1 Å². The van der Waals surface area contributed by atoms with Crippen LogP contribution in [0.5, 0.6) is 11.5 Å². The summed E-state index contributed by atoms with van der Waals surface area (Å²) in [6.45, 7) is 0. The van der Waals surface area contributed by atoms with Gasteiger partial charge in [0.1, 0.15) is 0 Å². The molecular weight excluding hydrogens is 320 g/mol. The van der Waals surface area contributed by atoms with Crippen LogP contribution in [0.3, 0.4) is 0 Å². The molecule has 6 nitrogen and oxygen atoms in total. The summed E-state index contributed by atoms with van der Waals surface area (Å²) in [6, 6.07) is 4.75. The Balaban J connectivity index is 1.42. The van der Waals surface area contributed by atoms with E-state index in [-0.39, 0.29) is 41.2 Å². The fourth-order valence-corrected chi connectivity index (χ4v) is 4.95. The maximum atomic E-state index is 12.8. The second-order valence-corrected chi connectivity index (χ2v) is 7.32. The Kier molecular flexibility index (Phi) is 2.90. The van der Waals surface area contributed by atoms with Crippen LogP contribution in [0.1, 0.15) is 12.0 Å². The topological polar surface area (TPSA) is 79.2 Å². The van der Waals surface area contributed by atoms with Crippen LogP contribution < -0.4 is 4.74 Å². The number of phenols is 1. The zero-order chi connectivity index (χ0) is 17.3. The van der Waals surface area contributed by atoms with E-state index in [4.69, 9.17) is 4.74 Å². The number of allylic oxidation sites excluding steroid dienone is 2. The molecule has 6 heteroatoms. The molecule has 4 aliphatic carbocycles. The summed E-state index contributed by atoms with van der Waals surface area (Å²) in [7, 11) is 1.46. The number of hydrogen-bond acceptors (Lipinski definition) is 5. The number of methoxy groups -OCH3 is 1. The predicted octanol–water partition coefficient (Wildman–Crippen LogP) is 1.79. The number of carbonyl (C=O) groups is 2. The summed E-state index contributed by atoms with van der Waals surface area (Å²) in [5.74, 6) is 1.08. The fraction of sp³-hybridized carbons (Fsp3) is 0.421. The summed E-state index contributed by atoms with van der Waals surface area (Å²) >= 11 is 0. The van der Waals surface area contributed by atoms with Gasteiger partial charge in [-0.05, 0) is 53.9 Å². The molecule has 0 spiro atoms. The maximum absolute atomic E-state index is 12.8. The first kappa shape index (κ1) is 14.7.